The van der Waals surface area contributed by atoms with Crippen molar-refractivity contribution in [3.05, 3.63) is 29.1 Å². The Bertz CT molecular complexity index is 445. The Morgan fingerprint density at radius 2 is 2.12 bits per heavy atom. The Balaban J connectivity index is 3.17. The average Bonchev–Trinajstić information content (AvgIpc) is 2.21. The molecule has 4 nitrogen and oxygen atoms in total. The molecule has 1 N–H and O–H groups in total. The zero-order valence-electron chi connectivity index (χ0n) is 8.32. The molecule has 0 bridgehead atoms. The Morgan fingerprint density at radius 3 is 2.59 bits per heavy atom. The van der Waals surface area contributed by atoms with E-state index in [0.717, 1.165) is 6.07 Å². The summed E-state index contributed by atoms with van der Waals surface area (Å²) < 4.78 is 41.2. The monoisotopic (exact) mass is 248 g/mol. The molecule has 0 aliphatic carbocycles. The van der Waals surface area contributed by atoms with E-state index in [1.807, 2.05) is 0 Å². The van der Waals surface area contributed by atoms with Crippen LogP contribution in [0.3, 0.4) is 0 Å². The normalized spacial score (nSPS) is 10.4. The SMILES string of the molecule is O=Cc1cc(F)c(CC(=O)O)cc1OC(F)F. The highest BCUT2D eigenvalue weighted by molar-refractivity contribution is 5.80. The van der Waals surface area contributed by atoms with Crippen LogP contribution in [0, 0.1) is 5.82 Å². The second kappa shape index (κ2) is 5.33. The minimum absolute atomic E-state index is 0.144. The van der Waals surface area contributed by atoms with Gasteiger partial charge in [-0.25, -0.2) is 4.39 Å². The van der Waals surface area contributed by atoms with Gasteiger partial charge in [-0.3, -0.25) is 9.59 Å². The molecule has 7 heteroatoms. The molecule has 0 heterocycles. The fourth-order valence-corrected chi connectivity index (χ4v) is 1.20. The third kappa shape index (κ3) is 3.47. The molecular formula is C10H7F3O4. The molecule has 0 saturated heterocycles. The van der Waals surface area contributed by atoms with Crippen molar-refractivity contribution in [3.63, 3.8) is 0 Å². The molecule has 0 radical (unpaired) electrons. The Labute approximate surface area is 93.6 Å². The van der Waals surface area contributed by atoms with Crippen LogP contribution in [0.1, 0.15) is 15.9 Å². The summed E-state index contributed by atoms with van der Waals surface area (Å²) in [5.41, 5.74) is -0.740. The summed E-state index contributed by atoms with van der Waals surface area (Å²) >= 11 is 0. The number of rotatable bonds is 5. The van der Waals surface area contributed by atoms with E-state index in [1.54, 1.807) is 0 Å². The third-order valence-electron chi connectivity index (χ3n) is 1.86. The number of aldehydes is 1. The van der Waals surface area contributed by atoms with Crippen LogP contribution < -0.4 is 4.74 Å². The highest BCUT2D eigenvalue weighted by Gasteiger charge is 2.15. The minimum atomic E-state index is -3.18. The van der Waals surface area contributed by atoms with Crippen molar-refractivity contribution in [3.8, 4) is 5.75 Å². The van der Waals surface area contributed by atoms with Gasteiger partial charge in [-0.1, -0.05) is 0 Å². The van der Waals surface area contributed by atoms with Crippen molar-refractivity contribution in [1.29, 1.82) is 0 Å². The van der Waals surface area contributed by atoms with Crippen molar-refractivity contribution < 1.29 is 32.6 Å². The number of carbonyl (C=O) groups excluding carboxylic acids is 1. The summed E-state index contributed by atoms with van der Waals surface area (Å²) in [6, 6.07) is 1.43. The summed E-state index contributed by atoms with van der Waals surface area (Å²) in [4.78, 5) is 20.9. The molecule has 0 aliphatic heterocycles. The highest BCUT2D eigenvalue weighted by atomic mass is 19.3. The second-order valence-electron chi connectivity index (χ2n) is 3.05. The van der Waals surface area contributed by atoms with Crippen molar-refractivity contribution in [2.75, 3.05) is 0 Å². The molecule has 92 valence electrons. The number of carbonyl (C=O) groups is 2. The number of hydrogen-bond donors (Lipinski definition) is 1. The van der Waals surface area contributed by atoms with Gasteiger partial charge in [0.05, 0.1) is 12.0 Å². The maximum absolute atomic E-state index is 13.2. The number of ether oxygens (including phenoxy) is 1. The molecule has 1 aromatic carbocycles. The Hall–Kier alpha value is -2.05. The van der Waals surface area contributed by atoms with Crippen LogP contribution in [0.15, 0.2) is 12.1 Å². The van der Waals surface area contributed by atoms with Gasteiger partial charge in [0, 0.05) is 5.56 Å². The number of halogens is 3. The number of hydrogen-bond acceptors (Lipinski definition) is 3. The van der Waals surface area contributed by atoms with Crippen molar-refractivity contribution in [2.24, 2.45) is 0 Å². The second-order valence-corrected chi connectivity index (χ2v) is 3.05. The molecular weight excluding hydrogens is 241 g/mol. The first-order valence-corrected chi connectivity index (χ1v) is 4.38. The van der Waals surface area contributed by atoms with Gasteiger partial charge in [0.1, 0.15) is 11.6 Å². The standard InChI is InChI=1S/C10H7F3O4/c11-7-1-6(4-14)8(17-10(12)13)2-5(7)3-9(15)16/h1-2,4,10H,3H2,(H,15,16). The number of aliphatic carboxylic acids is 1. The first-order valence-electron chi connectivity index (χ1n) is 4.38. The molecule has 0 aromatic heterocycles. The number of carboxylic acid groups (broad SMARTS) is 1. The van der Waals surface area contributed by atoms with Gasteiger partial charge in [0.2, 0.25) is 0 Å². The number of carboxylic acids is 1. The topological polar surface area (TPSA) is 63.6 Å². The summed E-state index contributed by atoms with van der Waals surface area (Å²) in [5.74, 6) is -2.84. The van der Waals surface area contributed by atoms with Crippen LogP contribution in [0.2, 0.25) is 0 Å². The molecule has 0 unspecified atom stereocenters. The zero-order chi connectivity index (χ0) is 13.0. The van der Waals surface area contributed by atoms with Gasteiger partial charge in [-0.2, -0.15) is 8.78 Å². The predicted molar refractivity (Wildman–Crippen MR) is 49.8 cm³/mol. The molecule has 0 saturated carbocycles. The van der Waals surface area contributed by atoms with Crippen LogP contribution in [-0.2, 0) is 11.2 Å². The predicted octanol–water partition coefficient (Wildman–Crippen LogP) is 1.87. The minimum Gasteiger partial charge on any atom is -0.481 e. The van der Waals surface area contributed by atoms with Crippen molar-refractivity contribution in [1.82, 2.24) is 0 Å². The molecule has 1 aromatic rings. The van der Waals surface area contributed by atoms with E-state index in [1.165, 1.54) is 0 Å². The van der Waals surface area contributed by atoms with Crippen molar-refractivity contribution in [2.45, 2.75) is 13.0 Å². The molecule has 0 spiro atoms. The van der Waals surface area contributed by atoms with Gasteiger partial charge in [-0.15, -0.1) is 0 Å². The average molecular weight is 248 g/mol. The van der Waals surface area contributed by atoms with Crippen LogP contribution >= 0.6 is 0 Å². The number of benzene rings is 1. The number of alkyl halides is 2. The quantitative estimate of drug-likeness (QED) is 0.808. The third-order valence-corrected chi connectivity index (χ3v) is 1.86. The van der Waals surface area contributed by atoms with Crippen LogP contribution in [0.5, 0.6) is 5.75 Å². The van der Waals surface area contributed by atoms with E-state index in [4.69, 9.17) is 5.11 Å². The van der Waals surface area contributed by atoms with Gasteiger partial charge < -0.3 is 9.84 Å². The molecule has 1 rings (SSSR count). The van der Waals surface area contributed by atoms with E-state index in [-0.39, 0.29) is 11.8 Å². The van der Waals surface area contributed by atoms with E-state index >= 15 is 0 Å². The summed E-state index contributed by atoms with van der Waals surface area (Å²) in [7, 11) is 0. The van der Waals surface area contributed by atoms with Gasteiger partial charge in [-0.05, 0) is 12.1 Å². The lowest BCUT2D eigenvalue weighted by Gasteiger charge is -2.09. The van der Waals surface area contributed by atoms with E-state index in [2.05, 4.69) is 4.74 Å². The van der Waals surface area contributed by atoms with E-state index in [9.17, 15) is 22.8 Å². The zero-order valence-corrected chi connectivity index (χ0v) is 8.32. The van der Waals surface area contributed by atoms with E-state index < -0.39 is 36.1 Å². The maximum atomic E-state index is 13.2. The molecule has 0 aliphatic rings. The first-order chi connectivity index (χ1) is 7.93. The first kappa shape index (κ1) is 13.0. The Kier molecular flexibility index (Phi) is 4.08. The summed E-state index contributed by atoms with van der Waals surface area (Å²) in [6.07, 6.45) is -0.546. The highest BCUT2D eigenvalue weighted by Crippen LogP contribution is 2.24. The van der Waals surface area contributed by atoms with Gasteiger partial charge in [0.15, 0.2) is 6.29 Å². The van der Waals surface area contributed by atoms with Gasteiger partial charge >= 0.3 is 12.6 Å². The molecule has 17 heavy (non-hydrogen) atoms. The summed E-state index contributed by atoms with van der Waals surface area (Å²) in [6.45, 7) is -3.18. The lowest BCUT2D eigenvalue weighted by molar-refractivity contribution is -0.136. The smallest absolute Gasteiger partial charge is 0.387 e. The van der Waals surface area contributed by atoms with E-state index in [0.29, 0.717) is 6.07 Å². The van der Waals surface area contributed by atoms with Crippen LogP contribution in [0.25, 0.3) is 0 Å². The summed E-state index contributed by atoms with van der Waals surface area (Å²) in [5, 5.41) is 8.47. The largest absolute Gasteiger partial charge is 0.481 e. The lowest BCUT2D eigenvalue weighted by atomic mass is 10.1. The van der Waals surface area contributed by atoms with Crippen LogP contribution in [0.4, 0.5) is 13.2 Å². The fourth-order valence-electron chi connectivity index (χ4n) is 1.20. The van der Waals surface area contributed by atoms with Crippen LogP contribution in [-0.4, -0.2) is 24.0 Å². The molecule has 0 atom stereocenters. The van der Waals surface area contributed by atoms with Gasteiger partial charge in [0.25, 0.3) is 0 Å². The fraction of sp³-hybridized carbons (Fsp3) is 0.200. The van der Waals surface area contributed by atoms with Crippen molar-refractivity contribution >= 4 is 12.3 Å². The molecule has 0 amide bonds. The molecule has 0 fully saturated rings. The maximum Gasteiger partial charge on any atom is 0.387 e. The Morgan fingerprint density at radius 1 is 1.47 bits per heavy atom. The lowest BCUT2D eigenvalue weighted by Crippen LogP contribution is -2.08.